The van der Waals surface area contributed by atoms with Crippen LogP contribution >= 0.6 is 90.4 Å². The first kappa shape index (κ1) is 22.2. The third kappa shape index (κ3) is 6.36. The third-order valence-electron chi connectivity index (χ3n) is 3.57. The van der Waals surface area contributed by atoms with Gasteiger partial charge >= 0.3 is 6.16 Å². The normalized spacial score (nSPS) is 20.4. The summed E-state index contributed by atoms with van der Waals surface area (Å²) in [6, 6.07) is 0. The van der Waals surface area contributed by atoms with Crippen LogP contribution < -0.4 is 0 Å². The Balaban J connectivity index is 4.84. The van der Waals surface area contributed by atoms with Crippen LogP contribution in [0.15, 0.2) is 0 Å². The van der Waals surface area contributed by atoms with Gasteiger partial charge in [-0.3, -0.25) is 0 Å². The summed E-state index contributed by atoms with van der Waals surface area (Å²) in [7, 11) is 0. The van der Waals surface area contributed by atoms with Crippen molar-refractivity contribution in [1.29, 1.82) is 0 Å². The first-order chi connectivity index (χ1) is 9.19. The Morgan fingerprint density at radius 3 is 1.45 bits per heavy atom. The van der Waals surface area contributed by atoms with Crippen LogP contribution in [0.1, 0.15) is 40.5 Å². The minimum atomic E-state index is -0.553. The predicted octanol–water partition coefficient (Wildman–Crippen LogP) is 6.36. The quantitative estimate of drug-likeness (QED) is 0.166. The van der Waals surface area contributed by atoms with Gasteiger partial charge in [0.1, 0.15) is 0 Å². The maximum absolute atomic E-state index is 12.2. The van der Waals surface area contributed by atoms with E-state index in [0.717, 1.165) is 21.7 Å². The van der Waals surface area contributed by atoms with E-state index >= 15 is 0 Å². The van der Waals surface area contributed by atoms with E-state index in [9.17, 15) is 4.79 Å². The molecule has 0 aliphatic rings. The number of rotatable bonds is 8. The van der Waals surface area contributed by atoms with E-state index in [1.54, 1.807) is 0 Å². The van der Waals surface area contributed by atoms with Crippen molar-refractivity contribution in [2.24, 2.45) is 11.8 Å². The topological polar surface area (TPSA) is 35.5 Å². The van der Waals surface area contributed by atoms with E-state index in [2.05, 4.69) is 118 Å². The van der Waals surface area contributed by atoms with Gasteiger partial charge in [0, 0.05) is 20.7 Å². The molecule has 0 saturated carbocycles. The van der Waals surface area contributed by atoms with Crippen molar-refractivity contribution in [1.82, 2.24) is 0 Å². The van der Waals surface area contributed by atoms with Crippen LogP contribution in [0.5, 0.6) is 0 Å². The number of hydrogen-bond donors (Lipinski definition) is 0. The molecule has 3 nitrogen and oxygen atoms in total. The van der Waals surface area contributed by atoms with Crippen LogP contribution in [0.25, 0.3) is 0 Å². The van der Waals surface area contributed by atoms with Gasteiger partial charge in [0.2, 0.25) is 0 Å². The minimum absolute atomic E-state index is 0.291. The van der Waals surface area contributed by atoms with Gasteiger partial charge in [0.05, 0.1) is 0 Å². The first-order valence-electron chi connectivity index (χ1n) is 6.60. The molecule has 0 fully saturated rings. The molecule has 0 aromatic rings. The lowest BCUT2D eigenvalue weighted by atomic mass is 10.0. The number of ether oxygens (including phenoxy) is 2. The molecule has 0 N–H and O–H groups in total. The molecule has 7 heteroatoms. The maximum Gasteiger partial charge on any atom is 0.511 e. The molecule has 0 aromatic carbocycles. The lowest BCUT2D eigenvalue weighted by Crippen LogP contribution is -2.42. The number of carbonyl (C=O) groups excluding carboxylic acids is 1. The Labute approximate surface area is 177 Å². The molecule has 0 saturated heterocycles. The highest BCUT2D eigenvalue weighted by Crippen LogP contribution is 2.38. The van der Waals surface area contributed by atoms with Gasteiger partial charge in [-0.15, -0.1) is 0 Å². The second-order valence-corrected chi connectivity index (χ2v) is 10.1. The van der Waals surface area contributed by atoms with Crippen LogP contribution in [0.3, 0.4) is 0 Å². The Bertz CT molecular complexity index is 288. The lowest BCUT2D eigenvalue weighted by Gasteiger charge is -2.35. The zero-order chi connectivity index (χ0) is 16.0. The summed E-state index contributed by atoms with van der Waals surface area (Å²) < 4.78 is 11.8. The molecule has 0 rings (SSSR count). The SMILES string of the molecule is CC[C@H](C)[C@](I)(CI)OC(=O)O[C@@](I)(CI)[C@@H](C)CC. The molecule has 0 aliphatic heterocycles. The highest BCUT2D eigenvalue weighted by molar-refractivity contribution is 14.1. The molecule has 0 amide bonds. The fourth-order valence-electron chi connectivity index (χ4n) is 1.43. The summed E-state index contributed by atoms with van der Waals surface area (Å²) in [4.78, 5) is 12.2. The van der Waals surface area contributed by atoms with E-state index in [-0.39, 0.29) is 0 Å². The van der Waals surface area contributed by atoms with E-state index in [4.69, 9.17) is 9.47 Å². The van der Waals surface area contributed by atoms with Crippen molar-refractivity contribution in [3.05, 3.63) is 0 Å². The second-order valence-electron chi connectivity index (χ2n) is 4.91. The van der Waals surface area contributed by atoms with Crippen LogP contribution in [-0.4, -0.2) is 22.2 Å². The molecule has 0 spiro atoms. The lowest BCUT2D eigenvalue weighted by molar-refractivity contribution is -0.0260. The summed E-state index contributed by atoms with van der Waals surface area (Å²) in [5, 5.41) is 0. The van der Waals surface area contributed by atoms with Gasteiger partial charge < -0.3 is 9.47 Å². The van der Waals surface area contributed by atoms with Gasteiger partial charge in [-0.25, -0.2) is 4.79 Å². The Morgan fingerprint density at radius 1 is 0.950 bits per heavy atom. The van der Waals surface area contributed by atoms with Gasteiger partial charge in [-0.05, 0) is 58.0 Å². The summed E-state index contributed by atoms with van der Waals surface area (Å²) in [6.45, 7) is 8.41. The fourth-order valence-corrected chi connectivity index (χ4v) is 4.48. The average Bonchev–Trinajstić information content (AvgIpc) is 2.44. The first-order valence-corrected chi connectivity index (χ1v) is 11.8. The van der Waals surface area contributed by atoms with Crippen molar-refractivity contribution < 1.29 is 14.3 Å². The van der Waals surface area contributed by atoms with E-state index in [0.29, 0.717) is 11.8 Å². The second kappa shape index (κ2) is 10.1. The molecule has 120 valence electrons. The smallest absolute Gasteiger partial charge is 0.416 e. The fraction of sp³-hybridized carbons (Fsp3) is 0.923. The summed E-state index contributed by atoms with van der Waals surface area (Å²) >= 11 is 8.99. The van der Waals surface area contributed by atoms with Crippen molar-refractivity contribution in [3.8, 4) is 0 Å². The highest BCUT2D eigenvalue weighted by atomic mass is 127. The zero-order valence-corrected chi connectivity index (χ0v) is 20.8. The van der Waals surface area contributed by atoms with Crippen molar-refractivity contribution >= 4 is 96.5 Å². The summed E-state index contributed by atoms with van der Waals surface area (Å²) in [5.74, 6) is 0.582. The van der Waals surface area contributed by atoms with Gasteiger partial charge in [-0.2, -0.15) is 0 Å². The number of hydrogen-bond acceptors (Lipinski definition) is 3. The largest absolute Gasteiger partial charge is 0.511 e. The third-order valence-corrected chi connectivity index (χ3v) is 12.1. The molecule has 0 heterocycles. The maximum atomic E-state index is 12.2. The van der Waals surface area contributed by atoms with Gasteiger partial charge in [0.15, 0.2) is 7.22 Å². The van der Waals surface area contributed by atoms with Crippen LogP contribution in [0.4, 0.5) is 4.79 Å². The zero-order valence-electron chi connectivity index (χ0n) is 12.2. The molecule has 20 heavy (non-hydrogen) atoms. The van der Waals surface area contributed by atoms with Crippen LogP contribution in [-0.2, 0) is 9.47 Å². The van der Waals surface area contributed by atoms with E-state index in [1.807, 2.05) is 0 Å². The van der Waals surface area contributed by atoms with Crippen molar-refractivity contribution in [2.45, 2.75) is 47.8 Å². The molecule has 0 aromatic heterocycles. The summed E-state index contributed by atoms with van der Waals surface area (Å²) in [6.07, 6.45) is 1.38. The van der Waals surface area contributed by atoms with Crippen LogP contribution in [0.2, 0.25) is 0 Å². The minimum Gasteiger partial charge on any atom is -0.416 e. The molecular weight excluding hydrogens is 712 g/mol. The molecule has 0 aliphatic carbocycles. The number of carbonyl (C=O) groups is 1. The monoisotopic (exact) mass is 734 g/mol. The van der Waals surface area contributed by atoms with E-state index in [1.165, 1.54) is 0 Å². The molecule has 0 bridgehead atoms. The van der Waals surface area contributed by atoms with Crippen molar-refractivity contribution in [2.75, 3.05) is 8.86 Å². The molecular formula is C13H22I4O3. The highest BCUT2D eigenvalue weighted by Gasteiger charge is 2.40. The average molecular weight is 734 g/mol. The van der Waals surface area contributed by atoms with E-state index < -0.39 is 13.4 Å². The summed E-state index contributed by atoms with van der Waals surface area (Å²) in [5.41, 5.74) is 0. The van der Waals surface area contributed by atoms with Crippen molar-refractivity contribution in [3.63, 3.8) is 0 Å². The standard InChI is InChI=1S/C13H22I4O3/c1-5-9(3)12(16,7-14)19-11(18)20-13(17,8-15)10(4)6-2/h9-10H,5-8H2,1-4H3/t9-,10-,12-,13-/m0/s1. The predicted molar refractivity (Wildman–Crippen MR) is 118 cm³/mol. The molecule has 0 radical (unpaired) electrons. The Hall–Kier alpha value is 2.19. The van der Waals surface area contributed by atoms with Gasteiger partial charge in [0.25, 0.3) is 0 Å². The van der Waals surface area contributed by atoms with Gasteiger partial charge in [-0.1, -0.05) is 72.9 Å². The molecule has 0 unspecified atom stereocenters. The number of halogens is 4. The van der Waals surface area contributed by atoms with Crippen LogP contribution in [0, 0.1) is 11.8 Å². The number of alkyl halides is 4. The Morgan fingerprint density at radius 2 is 1.25 bits per heavy atom. The Kier molecular flexibility index (Phi) is 11.2. The molecule has 4 atom stereocenters.